The Balaban J connectivity index is 1.46. The Hall–Kier alpha value is -3.26. The lowest BCUT2D eigenvalue weighted by Crippen LogP contribution is -2.15. The van der Waals surface area contributed by atoms with Crippen LogP contribution in [0.4, 0.5) is 5.69 Å². The quantitative estimate of drug-likeness (QED) is 0.491. The van der Waals surface area contributed by atoms with Crippen molar-refractivity contribution in [2.75, 3.05) is 5.32 Å². The molecule has 2 heterocycles. The van der Waals surface area contributed by atoms with Gasteiger partial charge in [-0.25, -0.2) is 4.98 Å². The Morgan fingerprint density at radius 2 is 2.00 bits per heavy atom. The van der Waals surface area contributed by atoms with Crippen LogP contribution in [0, 0.1) is 18.6 Å². The number of nitrogens with zero attached hydrogens (tertiary/aromatic N) is 3. The first-order chi connectivity index (χ1) is 13.5. The van der Waals surface area contributed by atoms with Crippen LogP contribution in [-0.2, 0) is 11.3 Å². The highest BCUT2D eigenvalue weighted by Crippen LogP contribution is 2.21. The monoisotopic (exact) mass is 393 g/mol. The van der Waals surface area contributed by atoms with Crippen molar-refractivity contribution < 1.29 is 9.21 Å². The normalized spacial score (nSPS) is 11.1. The number of carbonyl (C=O) groups excluding carboxylic acids is 1. The van der Waals surface area contributed by atoms with Gasteiger partial charge in [-0.05, 0) is 31.3 Å². The molecule has 0 saturated carbocycles. The van der Waals surface area contributed by atoms with Crippen LogP contribution in [-0.4, -0.2) is 25.7 Å². The molecule has 0 aliphatic rings. The van der Waals surface area contributed by atoms with Gasteiger partial charge in [-0.2, -0.15) is 5.10 Å². The SMILES string of the molecule is Cc1ccc(-c2n[nH]c(=S)n2CCC(=O)Nc2ccc3nc(C)oc3c2)cc1. The van der Waals surface area contributed by atoms with Crippen molar-refractivity contribution in [2.24, 2.45) is 0 Å². The van der Waals surface area contributed by atoms with E-state index in [4.69, 9.17) is 16.6 Å². The molecular formula is C20H19N5O2S. The first kappa shape index (κ1) is 18.1. The maximum atomic E-state index is 12.4. The highest BCUT2D eigenvalue weighted by Gasteiger charge is 2.11. The van der Waals surface area contributed by atoms with E-state index in [9.17, 15) is 4.79 Å². The Bertz CT molecular complexity index is 1200. The third-order valence-corrected chi connectivity index (χ3v) is 4.72. The maximum Gasteiger partial charge on any atom is 0.226 e. The molecule has 0 atom stereocenters. The van der Waals surface area contributed by atoms with Gasteiger partial charge < -0.3 is 9.73 Å². The molecule has 8 heteroatoms. The molecule has 0 aliphatic heterocycles. The van der Waals surface area contributed by atoms with E-state index in [1.807, 2.05) is 47.9 Å². The second-order valence-corrected chi connectivity index (χ2v) is 6.97. The average molecular weight is 393 g/mol. The van der Waals surface area contributed by atoms with Crippen LogP contribution < -0.4 is 5.32 Å². The minimum Gasteiger partial charge on any atom is -0.441 e. The first-order valence-electron chi connectivity index (χ1n) is 8.89. The third-order valence-electron chi connectivity index (χ3n) is 4.41. The van der Waals surface area contributed by atoms with Crippen LogP contribution in [0.1, 0.15) is 17.9 Å². The topological polar surface area (TPSA) is 88.7 Å². The summed E-state index contributed by atoms with van der Waals surface area (Å²) in [6.07, 6.45) is 0.264. The molecule has 28 heavy (non-hydrogen) atoms. The highest BCUT2D eigenvalue weighted by atomic mass is 32.1. The predicted octanol–water partition coefficient (Wildman–Crippen LogP) is 4.39. The summed E-state index contributed by atoms with van der Waals surface area (Å²) in [6.45, 7) is 4.25. The van der Waals surface area contributed by atoms with Crippen LogP contribution >= 0.6 is 12.2 Å². The van der Waals surface area contributed by atoms with Crippen molar-refractivity contribution in [3.05, 3.63) is 58.7 Å². The smallest absolute Gasteiger partial charge is 0.226 e. The predicted molar refractivity (Wildman–Crippen MR) is 110 cm³/mol. The maximum absolute atomic E-state index is 12.4. The van der Waals surface area contributed by atoms with Crippen molar-refractivity contribution in [1.82, 2.24) is 19.7 Å². The Kier molecular flexibility index (Phi) is 4.79. The van der Waals surface area contributed by atoms with Gasteiger partial charge in [0.15, 0.2) is 22.1 Å². The van der Waals surface area contributed by atoms with Crippen LogP contribution in [0.25, 0.3) is 22.5 Å². The molecule has 1 amide bonds. The fourth-order valence-electron chi connectivity index (χ4n) is 3.00. The van der Waals surface area contributed by atoms with Crippen LogP contribution in [0.3, 0.4) is 0 Å². The molecule has 0 radical (unpaired) electrons. The Morgan fingerprint density at radius 3 is 2.79 bits per heavy atom. The van der Waals surface area contributed by atoms with Crippen LogP contribution in [0.5, 0.6) is 0 Å². The summed E-state index contributed by atoms with van der Waals surface area (Å²) in [5, 5.41) is 10.0. The Labute approximate surface area is 166 Å². The number of benzene rings is 2. The molecule has 0 saturated heterocycles. The molecule has 7 nitrogen and oxygen atoms in total. The minimum absolute atomic E-state index is 0.117. The fraction of sp³-hybridized carbons (Fsp3) is 0.200. The number of aromatic amines is 1. The zero-order chi connectivity index (χ0) is 19.7. The number of amides is 1. The number of H-pyrrole nitrogens is 1. The molecule has 2 aromatic carbocycles. The standard InChI is InChI=1S/C20H19N5O2S/c1-12-3-5-14(6-4-12)19-23-24-20(28)25(19)10-9-18(26)22-15-7-8-16-17(11-15)27-13(2)21-16/h3-8,11H,9-10H2,1-2H3,(H,22,26)(H,24,28). The average Bonchev–Trinajstić information content (AvgIpc) is 3.22. The van der Waals surface area contributed by atoms with Gasteiger partial charge in [0.05, 0.1) is 0 Å². The van der Waals surface area contributed by atoms with Crippen molar-refractivity contribution in [1.29, 1.82) is 0 Å². The summed E-state index contributed by atoms with van der Waals surface area (Å²) in [4.78, 5) is 16.7. The van der Waals surface area contributed by atoms with Crippen molar-refractivity contribution in [3.63, 3.8) is 0 Å². The van der Waals surface area contributed by atoms with E-state index in [0.29, 0.717) is 28.5 Å². The molecule has 0 aliphatic carbocycles. The van der Waals surface area contributed by atoms with Crippen LogP contribution in [0.2, 0.25) is 0 Å². The van der Waals surface area contributed by atoms with E-state index in [1.165, 1.54) is 5.56 Å². The van der Waals surface area contributed by atoms with Gasteiger partial charge in [0.1, 0.15) is 5.52 Å². The number of rotatable bonds is 5. The number of oxazole rings is 1. The summed E-state index contributed by atoms with van der Waals surface area (Å²) in [5.41, 5.74) is 4.20. The number of aromatic nitrogens is 4. The van der Waals surface area contributed by atoms with E-state index < -0.39 is 0 Å². The van der Waals surface area contributed by atoms with E-state index in [1.54, 1.807) is 13.0 Å². The van der Waals surface area contributed by atoms with E-state index in [0.717, 1.165) is 16.9 Å². The molecule has 0 fully saturated rings. The summed E-state index contributed by atoms with van der Waals surface area (Å²) >= 11 is 5.33. The highest BCUT2D eigenvalue weighted by molar-refractivity contribution is 7.71. The van der Waals surface area contributed by atoms with Gasteiger partial charge >= 0.3 is 0 Å². The van der Waals surface area contributed by atoms with Gasteiger partial charge in [0.25, 0.3) is 0 Å². The Morgan fingerprint density at radius 1 is 1.21 bits per heavy atom. The molecule has 2 N–H and O–H groups in total. The van der Waals surface area contributed by atoms with E-state index in [-0.39, 0.29) is 12.3 Å². The molecule has 142 valence electrons. The van der Waals surface area contributed by atoms with Gasteiger partial charge in [0, 0.05) is 37.2 Å². The lowest BCUT2D eigenvalue weighted by atomic mass is 10.1. The second kappa shape index (κ2) is 7.40. The molecule has 4 aromatic rings. The van der Waals surface area contributed by atoms with Gasteiger partial charge in [-0.3, -0.25) is 14.5 Å². The summed E-state index contributed by atoms with van der Waals surface area (Å²) < 4.78 is 7.83. The molecule has 2 aromatic heterocycles. The van der Waals surface area contributed by atoms with Crippen molar-refractivity contribution in [2.45, 2.75) is 26.8 Å². The molecule has 4 rings (SSSR count). The summed E-state index contributed by atoms with van der Waals surface area (Å²) in [5.74, 6) is 1.20. The largest absolute Gasteiger partial charge is 0.441 e. The zero-order valence-electron chi connectivity index (χ0n) is 15.5. The lowest BCUT2D eigenvalue weighted by molar-refractivity contribution is -0.116. The summed E-state index contributed by atoms with van der Waals surface area (Å²) in [6, 6.07) is 13.4. The molecular weight excluding hydrogens is 374 g/mol. The molecule has 0 bridgehead atoms. The third kappa shape index (κ3) is 3.72. The number of fused-ring (bicyclic) bond motifs is 1. The van der Waals surface area contributed by atoms with Crippen LogP contribution in [0.15, 0.2) is 46.9 Å². The van der Waals surface area contributed by atoms with Gasteiger partial charge in [0.2, 0.25) is 5.91 Å². The van der Waals surface area contributed by atoms with Crippen molar-refractivity contribution in [3.8, 4) is 11.4 Å². The lowest BCUT2D eigenvalue weighted by Gasteiger charge is -2.08. The first-order valence-corrected chi connectivity index (χ1v) is 9.30. The number of hydrogen-bond acceptors (Lipinski definition) is 5. The van der Waals surface area contributed by atoms with E-state index >= 15 is 0 Å². The number of hydrogen-bond donors (Lipinski definition) is 2. The zero-order valence-corrected chi connectivity index (χ0v) is 16.3. The van der Waals surface area contributed by atoms with Crippen molar-refractivity contribution >= 4 is 34.9 Å². The fourth-order valence-corrected chi connectivity index (χ4v) is 3.23. The summed E-state index contributed by atoms with van der Waals surface area (Å²) in [7, 11) is 0. The minimum atomic E-state index is -0.117. The van der Waals surface area contributed by atoms with Gasteiger partial charge in [-0.15, -0.1) is 0 Å². The number of aryl methyl sites for hydroxylation is 2. The second-order valence-electron chi connectivity index (χ2n) is 6.58. The van der Waals surface area contributed by atoms with E-state index in [2.05, 4.69) is 20.5 Å². The number of carbonyl (C=O) groups is 1. The molecule has 0 unspecified atom stereocenters. The molecule has 0 spiro atoms. The number of anilines is 1. The van der Waals surface area contributed by atoms with Gasteiger partial charge in [-0.1, -0.05) is 29.8 Å². The number of nitrogens with one attached hydrogen (secondary N) is 2.